The molecule has 0 unspecified atom stereocenters. The van der Waals surface area contributed by atoms with Gasteiger partial charge in [-0.1, -0.05) is 23.2 Å². The third-order valence-corrected chi connectivity index (χ3v) is 4.06. The summed E-state index contributed by atoms with van der Waals surface area (Å²) in [6.07, 6.45) is 0.0619. The van der Waals surface area contributed by atoms with Crippen molar-refractivity contribution in [1.82, 2.24) is 0 Å². The number of hydrogen-bond donors (Lipinski definition) is 2. The van der Waals surface area contributed by atoms with Gasteiger partial charge < -0.3 is 10.4 Å². The van der Waals surface area contributed by atoms with E-state index in [1.165, 1.54) is 11.3 Å². The molecule has 3 nitrogen and oxygen atoms in total. The highest BCUT2D eigenvalue weighted by Gasteiger charge is 2.05. The fraction of sp³-hybridized carbons (Fsp3) is 0.154. The topological polar surface area (TPSA) is 49.3 Å². The maximum Gasteiger partial charge on any atom is 0.308 e. The number of aliphatic carboxylic acids is 1. The largest absolute Gasteiger partial charge is 0.481 e. The van der Waals surface area contributed by atoms with Gasteiger partial charge in [-0.3, -0.25) is 4.79 Å². The van der Waals surface area contributed by atoms with Crippen LogP contribution in [0.2, 0.25) is 10.0 Å². The predicted molar refractivity (Wildman–Crippen MR) is 79.4 cm³/mol. The summed E-state index contributed by atoms with van der Waals surface area (Å²) in [5.74, 6) is -0.817. The number of nitrogens with one attached hydrogen (secondary N) is 1. The standard InChI is InChI=1S/C13H11Cl2NO2S/c14-8-1-4-12(11(15)5-8)16-7-10-3-2-9(19-10)6-13(17)18/h1-5,16H,6-7H2,(H,17,18). The molecule has 0 aliphatic rings. The number of carboxylic acid groups (broad SMARTS) is 1. The van der Waals surface area contributed by atoms with Crippen molar-refractivity contribution < 1.29 is 9.90 Å². The van der Waals surface area contributed by atoms with Gasteiger partial charge in [0.2, 0.25) is 0 Å². The molecule has 0 radical (unpaired) electrons. The molecule has 0 bridgehead atoms. The summed E-state index contributed by atoms with van der Waals surface area (Å²) >= 11 is 13.3. The molecule has 0 saturated carbocycles. The van der Waals surface area contributed by atoms with Gasteiger partial charge in [0, 0.05) is 21.3 Å². The first-order valence-electron chi connectivity index (χ1n) is 5.53. The Morgan fingerprint density at radius 1 is 1.21 bits per heavy atom. The highest BCUT2D eigenvalue weighted by atomic mass is 35.5. The molecule has 2 rings (SSSR count). The number of anilines is 1. The summed E-state index contributed by atoms with van der Waals surface area (Å²) in [7, 11) is 0. The molecule has 0 amide bonds. The molecule has 2 N–H and O–H groups in total. The van der Waals surface area contributed by atoms with E-state index in [4.69, 9.17) is 28.3 Å². The molecule has 0 atom stereocenters. The summed E-state index contributed by atoms with van der Waals surface area (Å²) in [5.41, 5.74) is 0.805. The van der Waals surface area contributed by atoms with Crippen LogP contribution in [0.4, 0.5) is 5.69 Å². The van der Waals surface area contributed by atoms with Crippen molar-refractivity contribution >= 4 is 46.2 Å². The lowest BCUT2D eigenvalue weighted by Crippen LogP contribution is -1.98. The zero-order valence-corrected chi connectivity index (χ0v) is 12.1. The van der Waals surface area contributed by atoms with Gasteiger partial charge in [-0.25, -0.2) is 0 Å². The van der Waals surface area contributed by atoms with Gasteiger partial charge in [0.25, 0.3) is 0 Å². The van der Waals surface area contributed by atoms with Gasteiger partial charge in [0.1, 0.15) is 0 Å². The maximum absolute atomic E-state index is 10.6. The Morgan fingerprint density at radius 2 is 1.95 bits per heavy atom. The fourth-order valence-electron chi connectivity index (χ4n) is 1.58. The van der Waals surface area contributed by atoms with Crippen molar-refractivity contribution in [3.63, 3.8) is 0 Å². The normalized spacial score (nSPS) is 10.4. The lowest BCUT2D eigenvalue weighted by molar-refractivity contribution is -0.136. The Balaban J connectivity index is 1.98. The van der Waals surface area contributed by atoms with Crippen LogP contribution in [0.5, 0.6) is 0 Å². The molecule has 0 saturated heterocycles. The van der Waals surface area contributed by atoms with Crippen molar-refractivity contribution in [2.45, 2.75) is 13.0 Å². The van der Waals surface area contributed by atoms with Crippen molar-refractivity contribution in [2.24, 2.45) is 0 Å². The Bertz CT molecular complexity index is 598. The van der Waals surface area contributed by atoms with E-state index in [9.17, 15) is 4.79 Å². The number of thiophene rings is 1. The summed E-state index contributed by atoms with van der Waals surface area (Å²) in [5, 5.41) is 13.1. The minimum Gasteiger partial charge on any atom is -0.481 e. The van der Waals surface area contributed by atoms with Crippen LogP contribution in [0.15, 0.2) is 30.3 Å². The first-order chi connectivity index (χ1) is 9.04. The van der Waals surface area contributed by atoms with Crippen LogP contribution >= 0.6 is 34.5 Å². The maximum atomic E-state index is 10.6. The van der Waals surface area contributed by atoms with Crippen LogP contribution in [-0.4, -0.2) is 11.1 Å². The van der Waals surface area contributed by atoms with Crippen LogP contribution in [0.3, 0.4) is 0 Å². The molecule has 0 aliphatic carbocycles. The van der Waals surface area contributed by atoms with Gasteiger partial charge in [-0.2, -0.15) is 0 Å². The Labute approximate surface area is 124 Å². The molecular formula is C13H11Cl2NO2S. The monoisotopic (exact) mass is 315 g/mol. The van der Waals surface area contributed by atoms with Crippen LogP contribution in [-0.2, 0) is 17.8 Å². The molecule has 6 heteroatoms. The average molecular weight is 316 g/mol. The van der Waals surface area contributed by atoms with Gasteiger partial charge in [-0.05, 0) is 30.3 Å². The van der Waals surface area contributed by atoms with Crippen molar-refractivity contribution in [2.75, 3.05) is 5.32 Å². The van der Waals surface area contributed by atoms with E-state index in [0.717, 1.165) is 15.4 Å². The van der Waals surface area contributed by atoms with Crippen LogP contribution in [0.1, 0.15) is 9.75 Å². The highest BCUT2D eigenvalue weighted by molar-refractivity contribution is 7.12. The number of benzene rings is 1. The highest BCUT2D eigenvalue weighted by Crippen LogP contribution is 2.26. The van der Waals surface area contributed by atoms with Gasteiger partial charge in [0.15, 0.2) is 0 Å². The van der Waals surface area contributed by atoms with Gasteiger partial charge >= 0.3 is 5.97 Å². The van der Waals surface area contributed by atoms with Gasteiger partial charge in [-0.15, -0.1) is 11.3 Å². The second-order valence-corrected chi connectivity index (χ2v) is 6.01. The zero-order chi connectivity index (χ0) is 13.8. The first-order valence-corrected chi connectivity index (χ1v) is 7.10. The molecule has 0 spiro atoms. The smallest absolute Gasteiger partial charge is 0.308 e. The van der Waals surface area contributed by atoms with Crippen molar-refractivity contribution in [1.29, 1.82) is 0 Å². The van der Waals surface area contributed by atoms with E-state index < -0.39 is 5.97 Å². The Hall–Kier alpha value is -1.23. The summed E-state index contributed by atoms with van der Waals surface area (Å²) in [6.45, 7) is 0.603. The van der Waals surface area contributed by atoms with E-state index in [0.29, 0.717) is 16.6 Å². The molecule has 0 aliphatic heterocycles. The number of carbonyl (C=O) groups is 1. The lowest BCUT2D eigenvalue weighted by atomic mass is 10.3. The third kappa shape index (κ3) is 4.13. The SMILES string of the molecule is O=C(O)Cc1ccc(CNc2ccc(Cl)cc2Cl)s1. The van der Waals surface area contributed by atoms with Crippen molar-refractivity contribution in [3.8, 4) is 0 Å². The minimum absolute atomic E-state index is 0.0619. The molecule has 19 heavy (non-hydrogen) atoms. The van der Waals surface area contributed by atoms with Gasteiger partial charge in [0.05, 0.1) is 17.1 Å². The second-order valence-electron chi connectivity index (χ2n) is 3.92. The summed E-state index contributed by atoms with van der Waals surface area (Å²) in [4.78, 5) is 12.5. The van der Waals surface area contributed by atoms with Crippen LogP contribution in [0.25, 0.3) is 0 Å². The molecule has 2 aromatic rings. The predicted octanol–water partition coefficient (Wildman–Crippen LogP) is 4.29. The minimum atomic E-state index is -0.817. The zero-order valence-electron chi connectivity index (χ0n) is 9.82. The number of halogens is 2. The Kier molecular flexibility index (Phi) is 4.69. The second kappa shape index (κ2) is 6.28. The van der Waals surface area contributed by atoms with E-state index in [-0.39, 0.29) is 6.42 Å². The van der Waals surface area contributed by atoms with Crippen molar-refractivity contribution in [3.05, 3.63) is 50.1 Å². The molecule has 0 fully saturated rings. The fourth-order valence-corrected chi connectivity index (χ4v) is 3.00. The van der Waals surface area contributed by atoms with E-state index in [1.807, 2.05) is 18.2 Å². The van der Waals surface area contributed by atoms with Crippen LogP contribution < -0.4 is 5.32 Å². The average Bonchev–Trinajstić information content (AvgIpc) is 2.74. The van der Waals surface area contributed by atoms with Crippen LogP contribution in [0, 0.1) is 0 Å². The third-order valence-electron chi connectivity index (χ3n) is 2.43. The molecule has 1 aromatic carbocycles. The number of carboxylic acids is 1. The summed E-state index contributed by atoms with van der Waals surface area (Å²) < 4.78 is 0. The lowest BCUT2D eigenvalue weighted by Gasteiger charge is -2.07. The molecular weight excluding hydrogens is 305 g/mol. The van der Waals surface area contributed by atoms with E-state index in [1.54, 1.807) is 12.1 Å². The van der Waals surface area contributed by atoms with E-state index >= 15 is 0 Å². The van der Waals surface area contributed by atoms with E-state index in [2.05, 4.69) is 5.32 Å². The quantitative estimate of drug-likeness (QED) is 0.865. The number of hydrogen-bond acceptors (Lipinski definition) is 3. The molecule has 1 heterocycles. The first kappa shape index (κ1) is 14.2. The Morgan fingerprint density at radius 3 is 2.63 bits per heavy atom. The number of rotatable bonds is 5. The molecule has 1 aromatic heterocycles. The molecule has 100 valence electrons. The summed E-state index contributed by atoms with van der Waals surface area (Å²) in [6, 6.07) is 9.01.